The van der Waals surface area contributed by atoms with Crippen molar-refractivity contribution in [3.8, 4) is 11.5 Å². The van der Waals surface area contributed by atoms with E-state index in [4.69, 9.17) is 35.5 Å². The minimum atomic E-state index is -1.36. The lowest BCUT2D eigenvalue weighted by atomic mass is 9.53. The third-order valence-electron chi connectivity index (χ3n) is 11.7. The Morgan fingerprint density at radius 1 is 1.09 bits per heavy atom. The number of likely N-dealkylation sites (tertiary alicyclic amines) is 1. The minimum Gasteiger partial charge on any atom is -0.493 e. The molecule has 8 N–H and O–H groups in total. The number of aliphatic carboxylic acids is 1. The Labute approximate surface area is 335 Å². The zero-order chi connectivity index (χ0) is 41.7. The number of hydrogen-bond donors (Lipinski definition) is 6. The topological polar surface area (TPSA) is 270 Å². The fraction of sp³-hybridized carbons (Fsp3) is 0.605. The molecule has 2 bridgehead atoms. The maximum Gasteiger partial charge on any atom is 0.415 e. The van der Waals surface area contributed by atoms with Crippen molar-refractivity contribution in [1.29, 1.82) is 0 Å². The summed E-state index contributed by atoms with van der Waals surface area (Å²) in [5, 5.41) is 16.4. The molecule has 5 amide bonds. The molecular formula is C38H53N9O11. The first-order chi connectivity index (χ1) is 27.8. The van der Waals surface area contributed by atoms with Crippen molar-refractivity contribution >= 4 is 41.8 Å². The SMILES string of the molecule is CCOC(=O)N1CCN(C(=O)OC2=CC[C@H]3[C@H]4Cc5ccc(OC)c6c5[C@@]3(CCN4C)[C@H]2O6)[C@@H](CNC(=O)[C@H](CCCN=C(N)N)NC(=O)CNC(=O)CC(=O)O)C1. The molecule has 316 valence electrons. The van der Waals surface area contributed by atoms with Crippen molar-refractivity contribution in [3.05, 3.63) is 35.1 Å². The number of guanidine groups is 1. The monoisotopic (exact) mass is 811 g/mol. The lowest BCUT2D eigenvalue weighted by Gasteiger charge is -2.56. The van der Waals surface area contributed by atoms with Gasteiger partial charge in [0.15, 0.2) is 23.6 Å². The molecule has 1 spiro atoms. The second kappa shape index (κ2) is 17.8. The van der Waals surface area contributed by atoms with Crippen LogP contribution >= 0.6 is 0 Å². The Kier molecular flexibility index (Phi) is 12.8. The number of nitrogens with one attached hydrogen (secondary N) is 3. The van der Waals surface area contributed by atoms with E-state index in [-0.39, 0.29) is 64.0 Å². The minimum absolute atomic E-state index is 0.0103. The number of ether oxygens (including phenoxy) is 4. The Balaban J connectivity index is 1.18. The highest BCUT2D eigenvalue weighted by atomic mass is 16.6. The van der Waals surface area contributed by atoms with E-state index in [0.29, 0.717) is 29.7 Å². The molecule has 20 nitrogen and oxygen atoms in total. The van der Waals surface area contributed by atoms with E-state index in [2.05, 4.69) is 39.0 Å². The molecule has 20 heteroatoms. The van der Waals surface area contributed by atoms with Crippen LogP contribution in [-0.2, 0) is 40.5 Å². The van der Waals surface area contributed by atoms with Gasteiger partial charge in [-0.05, 0) is 76.2 Å². The van der Waals surface area contributed by atoms with Gasteiger partial charge in [0.1, 0.15) is 18.2 Å². The summed E-state index contributed by atoms with van der Waals surface area (Å²) < 4.78 is 24.0. The maximum absolute atomic E-state index is 14.3. The highest BCUT2D eigenvalue weighted by Crippen LogP contribution is 2.63. The largest absolute Gasteiger partial charge is 0.493 e. The highest BCUT2D eigenvalue weighted by Gasteiger charge is 2.65. The standard InChI is InChI=1S/C38H53N9O11/c1-4-56-36(53)46-14-15-47(22(20-46)18-43-34(52)24(6-5-12-41-35(39)40)44-29(49)19-42-28(48)17-30(50)51)37(54)57-27-10-8-23-25-16-21-7-9-26(55-3)32-31(21)38(23,33(27)58-32)11-13-45(25)2/h7,9-10,22-25,33H,4-6,8,11-20H2,1-3H3,(H,42,48)(H,43,52)(H,44,49)(H,50,51)(H4,39,40,41)/t22-,23-,24-,25+,33-,38-/m0/s1. The van der Waals surface area contributed by atoms with Crippen molar-refractivity contribution in [2.45, 2.75) is 75.1 Å². The Hall–Kier alpha value is -5.79. The molecular weight excluding hydrogens is 758 g/mol. The number of carboxylic acids is 1. The van der Waals surface area contributed by atoms with Crippen LogP contribution in [0.3, 0.4) is 0 Å². The van der Waals surface area contributed by atoms with E-state index in [1.807, 2.05) is 12.1 Å². The van der Waals surface area contributed by atoms with Gasteiger partial charge in [-0.15, -0.1) is 0 Å². The maximum atomic E-state index is 14.3. The van der Waals surface area contributed by atoms with E-state index in [1.165, 1.54) is 15.4 Å². The predicted molar refractivity (Wildman–Crippen MR) is 206 cm³/mol. The molecule has 2 saturated heterocycles. The molecule has 2 fully saturated rings. The van der Waals surface area contributed by atoms with E-state index in [0.717, 1.165) is 24.9 Å². The van der Waals surface area contributed by atoms with E-state index in [1.54, 1.807) is 14.0 Å². The number of carboxylic acid groups (broad SMARTS) is 1. The fourth-order valence-corrected chi connectivity index (χ4v) is 9.11. The van der Waals surface area contributed by atoms with Crippen molar-refractivity contribution in [1.82, 2.24) is 30.7 Å². The van der Waals surface area contributed by atoms with Gasteiger partial charge in [-0.25, -0.2) is 9.59 Å². The number of aliphatic imine (C=N–C) groups is 1. The summed E-state index contributed by atoms with van der Waals surface area (Å²) in [5.74, 6) is -1.78. The summed E-state index contributed by atoms with van der Waals surface area (Å²) in [6.45, 7) is 2.37. The van der Waals surface area contributed by atoms with E-state index < -0.39 is 72.4 Å². The Bertz CT molecular complexity index is 1850. The lowest BCUT2D eigenvalue weighted by molar-refractivity contribution is -0.141. The van der Waals surface area contributed by atoms with Crippen LogP contribution in [0.15, 0.2) is 29.0 Å². The molecule has 0 saturated carbocycles. The number of likely N-dealkylation sites (N-methyl/N-ethyl adjacent to an activating group) is 1. The molecule has 0 unspecified atom stereocenters. The average molecular weight is 812 g/mol. The first kappa shape index (κ1) is 41.8. The summed E-state index contributed by atoms with van der Waals surface area (Å²) >= 11 is 0. The highest BCUT2D eigenvalue weighted by molar-refractivity contribution is 5.95. The number of rotatable bonds is 15. The number of benzene rings is 1. The molecule has 5 aliphatic rings. The molecule has 3 aliphatic heterocycles. The van der Waals surface area contributed by atoms with Gasteiger partial charge in [0.25, 0.3) is 0 Å². The number of methoxy groups -OCH3 is 1. The van der Waals surface area contributed by atoms with Gasteiger partial charge in [-0.1, -0.05) is 6.07 Å². The van der Waals surface area contributed by atoms with Crippen molar-refractivity contribution in [2.75, 3.05) is 66.6 Å². The first-order valence-corrected chi connectivity index (χ1v) is 19.6. The number of piperidine rings is 1. The normalized spacial score (nSPS) is 24.5. The number of amides is 5. The summed E-state index contributed by atoms with van der Waals surface area (Å²) in [6.07, 6.45) is 2.07. The van der Waals surface area contributed by atoms with Crippen LogP contribution in [0.5, 0.6) is 11.5 Å². The van der Waals surface area contributed by atoms with Crippen LogP contribution in [0.1, 0.15) is 50.2 Å². The van der Waals surface area contributed by atoms with Crippen molar-refractivity contribution < 1.29 is 52.8 Å². The number of hydrogen-bond acceptors (Lipinski definition) is 12. The number of nitrogens with zero attached hydrogens (tertiary/aromatic N) is 4. The van der Waals surface area contributed by atoms with Crippen LogP contribution in [0, 0.1) is 5.92 Å². The third kappa shape index (κ3) is 8.56. The Morgan fingerprint density at radius 3 is 2.60 bits per heavy atom. The van der Waals surface area contributed by atoms with Crippen LogP contribution in [0.2, 0.25) is 0 Å². The first-order valence-electron chi connectivity index (χ1n) is 19.6. The number of carbonyl (C=O) groups is 6. The quantitative estimate of drug-likeness (QED) is 0.0558. The molecule has 58 heavy (non-hydrogen) atoms. The summed E-state index contributed by atoms with van der Waals surface area (Å²) in [4.78, 5) is 85.4. The zero-order valence-corrected chi connectivity index (χ0v) is 33.0. The second-order valence-electron chi connectivity index (χ2n) is 15.1. The van der Waals surface area contributed by atoms with Crippen molar-refractivity contribution in [2.24, 2.45) is 22.4 Å². The molecule has 0 radical (unpaired) electrons. The summed E-state index contributed by atoms with van der Waals surface area (Å²) in [5.41, 5.74) is 12.8. The van der Waals surface area contributed by atoms with Crippen LogP contribution in [0.25, 0.3) is 0 Å². The van der Waals surface area contributed by atoms with Gasteiger partial charge in [0, 0.05) is 49.7 Å². The molecule has 0 aromatic heterocycles. The van der Waals surface area contributed by atoms with Crippen molar-refractivity contribution in [3.63, 3.8) is 0 Å². The number of nitrogens with two attached hydrogens (primary N) is 2. The summed E-state index contributed by atoms with van der Waals surface area (Å²) in [6, 6.07) is 2.43. The third-order valence-corrected chi connectivity index (χ3v) is 11.7. The molecule has 6 atom stereocenters. The zero-order valence-electron chi connectivity index (χ0n) is 33.0. The van der Waals surface area contributed by atoms with Crippen LogP contribution in [0.4, 0.5) is 9.59 Å². The molecule has 6 rings (SSSR count). The van der Waals surface area contributed by atoms with E-state index in [9.17, 15) is 28.8 Å². The van der Waals surface area contributed by atoms with Gasteiger partial charge >= 0.3 is 18.2 Å². The molecule has 1 aromatic rings. The van der Waals surface area contributed by atoms with Crippen LogP contribution < -0.4 is 36.9 Å². The summed E-state index contributed by atoms with van der Waals surface area (Å²) in [7, 11) is 3.76. The lowest BCUT2D eigenvalue weighted by Crippen LogP contribution is -2.64. The van der Waals surface area contributed by atoms with Crippen LogP contribution in [-0.4, -0.2) is 152 Å². The smallest absolute Gasteiger partial charge is 0.415 e. The molecule has 3 heterocycles. The van der Waals surface area contributed by atoms with E-state index >= 15 is 0 Å². The van der Waals surface area contributed by atoms with Gasteiger partial charge < -0.3 is 61.3 Å². The van der Waals surface area contributed by atoms with Gasteiger partial charge in [0.05, 0.1) is 26.3 Å². The molecule has 2 aliphatic carbocycles. The fourth-order valence-electron chi connectivity index (χ4n) is 9.11. The number of piperazine rings is 1. The number of allylic oxidation sites excluding steroid dienone is 1. The average Bonchev–Trinajstić information content (AvgIpc) is 3.54. The predicted octanol–water partition coefficient (Wildman–Crippen LogP) is -0.617. The molecule has 1 aromatic carbocycles. The van der Waals surface area contributed by atoms with Gasteiger partial charge in [-0.2, -0.15) is 0 Å². The number of carbonyl (C=O) groups excluding carboxylic acids is 5. The van der Waals surface area contributed by atoms with Gasteiger partial charge in [-0.3, -0.25) is 29.1 Å². The Morgan fingerprint density at radius 2 is 1.88 bits per heavy atom. The second-order valence-corrected chi connectivity index (χ2v) is 15.1. The van der Waals surface area contributed by atoms with Gasteiger partial charge in [0.2, 0.25) is 17.7 Å².